The third-order valence-electron chi connectivity index (χ3n) is 2.23. The van der Waals surface area contributed by atoms with Gasteiger partial charge in [-0.15, -0.1) is 0 Å². The number of rotatable bonds is 3. The summed E-state index contributed by atoms with van der Waals surface area (Å²) < 4.78 is 37.2. The molecule has 1 aromatic carbocycles. The highest BCUT2D eigenvalue weighted by atomic mass is 35.5. The number of aliphatic hydroxyl groups is 1. The fourth-order valence-corrected chi connectivity index (χ4v) is 1.64. The lowest BCUT2D eigenvalue weighted by Gasteiger charge is -2.16. The zero-order valence-electron chi connectivity index (χ0n) is 8.48. The first-order valence-corrected chi connectivity index (χ1v) is 4.92. The largest absolute Gasteiger partial charge is 0.417 e. The summed E-state index contributed by atoms with van der Waals surface area (Å²) in [5, 5.41) is 11.4. The molecule has 0 aliphatic heterocycles. The standard InChI is InChI=1S/C10H11ClF3NO/c1-15-9(5-16)6-2-3-7(8(11)4-6)10(12,13)14/h2-4,9,15-16H,5H2,1H3/t9-/m0/s1. The zero-order valence-corrected chi connectivity index (χ0v) is 9.23. The molecular weight excluding hydrogens is 243 g/mol. The Labute approximate surface area is 96.0 Å². The molecule has 2 N–H and O–H groups in total. The van der Waals surface area contributed by atoms with E-state index in [9.17, 15) is 13.2 Å². The average Bonchev–Trinajstić information content (AvgIpc) is 2.17. The molecule has 6 heteroatoms. The molecule has 0 amide bonds. The van der Waals surface area contributed by atoms with Gasteiger partial charge in [-0.05, 0) is 24.7 Å². The van der Waals surface area contributed by atoms with E-state index in [1.165, 1.54) is 12.1 Å². The second-order valence-electron chi connectivity index (χ2n) is 3.26. The van der Waals surface area contributed by atoms with Gasteiger partial charge in [0.25, 0.3) is 0 Å². The van der Waals surface area contributed by atoms with E-state index in [4.69, 9.17) is 16.7 Å². The van der Waals surface area contributed by atoms with E-state index >= 15 is 0 Å². The van der Waals surface area contributed by atoms with Crippen LogP contribution in [0.15, 0.2) is 18.2 Å². The third kappa shape index (κ3) is 2.87. The molecule has 2 nitrogen and oxygen atoms in total. The number of benzene rings is 1. The third-order valence-corrected chi connectivity index (χ3v) is 2.54. The molecule has 0 fully saturated rings. The summed E-state index contributed by atoms with van der Waals surface area (Å²) in [6.45, 7) is -0.210. The van der Waals surface area contributed by atoms with Crippen LogP contribution >= 0.6 is 11.6 Å². The van der Waals surface area contributed by atoms with E-state index < -0.39 is 17.8 Å². The Kier molecular flexibility index (Phi) is 4.18. The first-order chi connectivity index (χ1) is 7.40. The van der Waals surface area contributed by atoms with Crippen molar-refractivity contribution in [3.63, 3.8) is 0 Å². The number of alkyl halides is 3. The van der Waals surface area contributed by atoms with Gasteiger partial charge in [0.2, 0.25) is 0 Å². The topological polar surface area (TPSA) is 32.3 Å². The predicted molar refractivity (Wildman–Crippen MR) is 55.3 cm³/mol. The van der Waals surface area contributed by atoms with E-state index in [-0.39, 0.29) is 11.6 Å². The van der Waals surface area contributed by atoms with Crippen LogP contribution in [0, 0.1) is 0 Å². The Bertz CT molecular complexity index is 364. The van der Waals surface area contributed by atoms with E-state index in [0.29, 0.717) is 5.56 Å². The lowest BCUT2D eigenvalue weighted by molar-refractivity contribution is -0.137. The summed E-state index contributed by atoms with van der Waals surface area (Å²) >= 11 is 5.54. The minimum atomic E-state index is -4.45. The molecule has 0 aromatic heterocycles. The average molecular weight is 254 g/mol. The maximum atomic E-state index is 12.4. The molecule has 1 atom stereocenters. The van der Waals surface area contributed by atoms with E-state index in [1.54, 1.807) is 7.05 Å². The van der Waals surface area contributed by atoms with E-state index in [1.807, 2.05) is 0 Å². The number of aliphatic hydroxyl groups excluding tert-OH is 1. The summed E-state index contributed by atoms with van der Waals surface area (Å²) in [6.07, 6.45) is -4.45. The Morgan fingerprint density at radius 1 is 1.44 bits per heavy atom. The van der Waals surface area contributed by atoms with Crippen molar-refractivity contribution in [2.24, 2.45) is 0 Å². The summed E-state index contributed by atoms with van der Waals surface area (Å²) in [5.41, 5.74) is -0.353. The quantitative estimate of drug-likeness (QED) is 0.868. The normalized spacial score (nSPS) is 13.9. The second kappa shape index (κ2) is 5.03. The van der Waals surface area contributed by atoms with Crippen molar-refractivity contribution in [2.45, 2.75) is 12.2 Å². The summed E-state index contributed by atoms with van der Waals surface area (Å²) in [6, 6.07) is 3.01. The molecule has 16 heavy (non-hydrogen) atoms. The second-order valence-corrected chi connectivity index (χ2v) is 3.67. The van der Waals surface area contributed by atoms with Gasteiger partial charge in [-0.3, -0.25) is 0 Å². The smallest absolute Gasteiger partial charge is 0.394 e. The van der Waals surface area contributed by atoms with Gasteiger partial charge in [-0.2, -0.15) is 13.2 Å². The van der Waals surface area contributed by atoms with Crippen LogP contribution in [0.3, 0.4) is 0 Å². The molecule has 0 aliphatic rings. The number of likely N-dealkylation sites (N-methyl/N-ethyl adjacent to an activating group) is 1. The fraction of sp³-hybridized carbons (Fsp3) is 0.400. The van der Waals surface area contributed by atoms with Gasteiger partial charge in [0.05, 0.1) is 23.2 Å². The van der Waals surface area contributed by atoms with Crippen molar-refractivity contribution in [3.8, 4) is 0 Å². The van der Waals surface area contributed by atoms with Gasteiger partial charge in [0.1, 0.15) is 0 Å². The minimum Gasteiger partial charge on any atom is -0.394 e. The lowest BCUT2D eigenvalue weighted by Crippen LogP contribution is -2.20. The van der Waals surface area contributed by atoms with Crippen molar-refractivity contribution >= 4 is 11.6 Å². The van der Waals surface area contributed by atoms with Gasteiger partial charge in [0, 0.05) is 0 Å². The van der Waals surface area contributed by atoms with E-state index in [2.05, 4.69) is 5.32 Å². The maximum absolute atomic E-state index is 12.4. The Morgan fingerprint density at radius 3 is 2.44 bits per heavy atom. The molecular formula is C10H11ClF3NO. The Balaban J connectivity index is 3.08. The lowest BCUT2D eigenvalue weighted by atomic mass is 10.1. The first-order valence-electron chi connectivity index (χ1n) is 4.55. The van der Waals surface area contributed by atoms with Crippen molar-refractivity contribution in [2.75, 3.05) is 13.7 Å². The van der Waals surface area contributed by atoms with Crippen molar-refractivity contribution in [1.82, 2.24) is 5.32 Å². The molecule has 0 heterocycles. The number of hydrogen-bond donors (Lipinski definition) is 2. The van der Waals surface area contributed by atoms with Crippen LogP contribution in [-0.4, -0.2) is 18.8 Å². The van der Waals surface area contributed by atoms with Gasteiger partial charge in [0.15, 0.2) is 0 Å². The van der Waals surface area contributed by atoms with Crippen molar-refractivity contribution in [1.29, 1.82) is 0 Å². The van der Waals surface area contributed by atoms with Gasteiger partial charge < -0.3 is 10.4 Å². The van der Waals surface area contributed by atoms with Crippen molar-refractivity contribution < 1.29 is 18.3 Å². The van der Waals surface area contributed by atoms with Crippen LogP contribution in [0.25, 0.3) is 0 Å². The molecule has 1 rings (SSSR count). The van der Waals surface area contributed by atoms with Crippen LogP contribution in [0.1, 0.15) is 17.2 Å². The van der Waals surface area contributed by atoms with Crippen LogP contribution in [0.5, 0.6) is 0 Å². The first kappa shape index (κ1) is 13.3. The van der Waals surface area contributed by atoms with Crippen LogP contribution in [-0.2, 0) is 6.18 Å². The Hall–Kier alpha value is -0.780. The van der Waals surface area contributed by atoms with Crippen LogP contribution < -0.4 is 5.32 Å². The van der Waals surface area contributed by atoms with Gasteiger partial charge >= 0.3 is 6.18 Å². The summed E-state index contributed by atoms with van der Waals surface area (Å²) in [4.78, 5) is 0. The van der Waals surface area contributed by atoms with Crippen molar-refractivity contribution in [3.05, 3.63) is 34.3 Å². The molecule has 0 aliphatic carbocycles. The number of nitrogens with one attached hydrogen (secondary N) is 1. The van der Waals surface area contributed by atoms with Crippen LogP contribution in [0.2, 0.25) is 5.02 Å². The Morgan fingerprint density at radius 2 is 2.06 bits per heavy atom. The monoisotopic (exact) mass is 253 g/mol. The number of halogens is 4. The van der Waals surface area contributed by atoms with Crippen LogP contribution in [0.4, 0.5) is 13.2 Å². The molecule has 0 unspecified atom stereocenters. The molecule has 0 radical (unpaired) electrons. The number of hydrogen-bond acceptors (Lipinski definition) is 2. The SMILES string of the molecule is CN[C@@H](CO)c1ccc(C(F)(F)F)c(Cl)c1. The fourth-order valence-electron chi connectivity index (χ4n) is 1.34. The highest BCUT2D eigenvalue weighted by molar-refractivity contribution is 6.31. The summed E-state index contributed by atoms with van der Waals surface area (Å²) in [7, 11) is 1.60. The van der Waals surface area contributed by atoms with Gasteiger partial charge in [-0.1, -0.05) is 17.7 Å². The molecule has 0 saturated heterocycles. The highest BCUT2D eigenvalue weighted by Crippen LogP contribution is 2.35. The molecule has 1 aromatic rings. The van der Waals surface area contributed by atoms with E-state index in [0.717, 1.165) is 6.07 Å². The molecule has 0 saturated carbocycles. The maximum Gasteiger partial charge on any atom is 0.417 e. The minimum absolute atomic E-state index is 0.210. The molecule has 0 bridgehead atoms. The molecule has 90 valence electrons. The van der Waals surface area contributed by atoms with Gasteiger partial charge in [-0.25, -0.2) is 0 Å². The summed E-state index contributed by atoms with van der Waals surface area (Å²) in [5.74, 6) is 0. The zero-order chi connectivity index (χ0) is 12.3. The molecule has 0 spiro atoms. The highest BCUT2D eigenvalue weighted by Gasteiger charge is 2.33. The predicted octanol–water partition coefficient (Wildman–Crippen LogP) is 2.61.